The molecule has 2 N–H and O–H groups in total. The molecular formula is C14H17F2N3O3S. The van der Waals surface area contributed by atoms with Gasteiger partial charge in [-0.1, -0.05) is 0 Å². The Labute approximate surface area is 132 Å². The van der Waals surface area contributed by atoms with E-state index in [-0.39, 0.29) is 19.0 Å². The molecule has 2 aliphatic heterocycles. The molecular weight excluding hydrogens is 328 g/mol. The highest BCUT2D eigenvalue weighted by molar-refractivity contribution is 7.89. The van der Waals surface area contributed by atoms with Crippen LogP contribution in [0.1, 0.15) is 12.8 Å². The zero-order chi connectivity index (χ0) is 16.7. The summed E-state index contributed by atoms with van der Waals surface area (Å²) in [5.74, 6) is -2.01. The molecule has 1 amide bonds. The van der Waals surface area contributed by atoms with Crippen LogP contribution >= 0.6 is 0 Å². The smallest absolute Gasteiger partial charge is 0.243 e. The van der Waals surface area contributed by atoms with Crippen LogP contribution in [0.4, 0.5) is 8.78 Å². The average molecular weight is 345 g/mol. The number of nitrogens with one attached hydrogen (secondary N) is 2. The third-order valence-electron chi connectivity index (χ3n) is 4.36. The molecule has 1 spiro atoms. The predicted molar refractivity (Wildman–Crippen MR) is 78.1 cm³/mol. The normalized spacial score (nSPS) is 22.1. The van der Waals surface area contributed by atoms with Gasteiger partial charge in [0.2, 0.25) is 15.9 Å². The van der Waals surface area contributed by atoms with Crippen molar-refractivity contribution in [2.45, 2.75) is 23.3 Å². The van der Waals surface area contributed by atoms with E-state index in [9.17, 15) is 22.0 Å². The minimum atomic E-state index is -3.99. The van der Waals surface area contributed by atoms with E-state index >= 15 is 0 Å². The number of piperazine rings is 1. The maximum atomic E-state index is 13.3. The van der Waals surface area contributed by atoms with Crippen LogP contribution in [0.3, 0.4) is 0 Å². The summed E-state index contributed by atoms with van der Waals surface area (Å²) in [5.41, 5.74) is -0.753. The largest absolute Gasteiger partial charge is 0.353 e. The highest BCUT2D eigenvalue weighted by Crippen LogP contribution is 2.28. The fraction of sp³-hybridized carbons (Fsp3) is 0.500. The Kier molecular flexibility index (Phi) is 4.11. The second-order valence-electron chi connectivity index (χ2n) is 5.77. The van der Waals surface area contributed by atoms with Crippen molar-refractivity contribution in [2.24, 2.45) is 0 Å². The Morgan fingerprint density at radius 2 is 1.65 bits per heavy atom. The van der Waals surface area contributed by atoms with E-state index in [0.717, 1.165) is 16.4 Å². The van der Waals surface area contributed by atoms with E-state index in [1.54, 1.807) is 0 Å². The number of carbonyl (C=O) groups excluding carboxylic acids is 1. The zero-order valence-electron chi connectivity index (χ0n) is 12.3. The maximum absolute atomic E-state index is 13.3. The van der Waals surface area contributed by atoms with Gasteiger partial charge in [0.15, 0.2) is 0 Å². The van der Waals surface area contributed by atoms with Gasteiger partial charge in [0.05, 0.1) is 4.90 Å². The molecule has 0 aromatic heterocycles. The molecule has 23 heavy (non-hydrogen) atoms. The number of sulfonamides is 1. The first-order valence-corrected chi connectivity index (χ1v) is 8.77. The number of hydrogen-bond donors (Lipinski definition) is 2. The van der Waals surface area contributed by atoms with Crippen LogP contribution in [0.2, 0.25) is 0 Å². The molecule has 2 saturated heterocycles. The number of hydrogen-bond acceptors (Lipinski definition) is 4. The van der Waals surface area contributed by atoms with Crippen molar-refractivity contribution in [3.8, 4) is 0 Å². The molecule has 0 radical (unpaired) electrons. The summed E-state index contributed by atoms with van der Waals surface area (Å²) in [6.07, 6.45) is 0.631. The first kappa shape index (κ1) is 16.3. The Morgan fingerprint density at radius 1 is 1.04 bits per heavy atom. The lowest BCUT2D eigenvalue weighted by atomic mass is 9.86. The van der Waals surface area contributed by atoms with E-state index < -0.39 is 32.1 Å². The Morgan fingerprint density at radius 3 is 2.22 bits per heavy atom. The molecule has 1 aromatic carbocycles. The predicted octanol–water partition coefficient (Wildman–Crippen LogP) is 0.207. The molecule has 1 aromatic rings. The van der Waals surface area contributed by atoms with Gasteiger partial charge in [-0.25, -0.2) is 17.2 Å². The third kappa shape index (κ3) is 2.96. The number of piperidine rings is 1. The number of carbonyl (C=O) groups is 1. The molecule has 0 aliphatic carbocycles. The molecule has 2 aliphatic rings. The van der Waals surface area contributed by atoms with Crippen molar-refractivity contribution in [2.75, 3.05) is 26.2 Å². The molecule has 6 nitrogen and oxygen atoms in total. The standard InChI is InChI=1S/C14H17F2N3O3S/c15-10-7-11(16)9-12(8-10)23(21,22)19-5-1-14(2-6-19)13(20)17-3-4-18-14/h7-9,18H,1-6H2,(H,17,20). The molecule has 2 heterocycles. The summed E-state index contributed by atoms with van der Waals surface area (Å²) in [6.45, 7) is 1.40. The van der Waals surface area contributed by atoms with Crippen molar-refractivity contribution < 1.29 is 22.0 Å². The second kappa shape index (κ2) is 5.81. The molecule has 0 saturated carbocycles. The summed E-state index contributed by atoms with van der Waals surface area (Å²) in [4.78, 5) is 11.6. The Hall–Kier alpha value is -1.58. The van der Waals surface area contributed by atoms with Crippen LogP contribution in [-0.4, -0.2) is 50.3 Å². The summed E-state index contributed by atoms with van der Waals surface area (Å²) in [5, 5.41) is 5.93. The van der Waals surface area contributed by atoms with E-state index in [2.05, 4.69) is 10.6 Å². The molecule has 0 bridgehead atoms. The van der Waals surface area contributed by atoms with Gasteiger partial charge in [0, 0.05) is 32.2 Å². The van der Waals surface area contributed by atoms with Crippen LogP contribution in [0.5, 0.6) is 0 Å². The van der Waals surface area contributed by atoms with Crippen molar-refractivity contribution in [3.63, 3.8) is 0 Å². The van der Waals surface area contributed by atoms with Gasteiger partial charge in [-0.15, -0.1) is 0 Å². The summed E-state index contributed by atoms with van der Waals surface area (Å²) < 4.78 is 52.7. The Bertz CT molecular complexity index is 711. The van der Waals surface area contributed by atoms with E-state index in [4.69, 9.17) is 0 Å². The van der Waals surface area contributed by atoms with Crippen molar-refractivity contribution in [1.82, 2.24) is 14.9 Å². The van der Waals surface area contributed by atoms with Gasteiger partial charge in [0.25, 0.3) is 0 Å². The van der Waals surface area contributed by atoms with E-state index in [0.29, 0.717) is 32.0 Å². The van der Waals surface area contributed by atoms with Crippen LogP contribution < -0.4 is 10.6 Å². The summed E-state index contributed by atoms with van der Waals surface area (Å²) in [7, 11) is -3.99. The third-order valence-corrected chi connectivity index (χ3v) is 6.23. The van der Waals surface area contributed by atoms with Crippen LogP contribution in [0.25, 0.3) is 0 Å². The highest BCUT2D eigenvalue weighted by atomic mass is 32.2. The van der Waals surface area contributed by atoms with Gasteiger partial charge in [0.1, 0.15) is 17.2 Å². The Balaban J connectivity index is 1.80. The van der Waals surface area contributed by atoms with E-state index in [1.807, 2.05) is 0 Å². The summed E-state index contributed by atoms with van der Waals surface area (Å²) in [6, 6.07) is 2.23. The minimum absolute atomic E-state index is 0.112. The lowest BCUT2D eigenvalue weighted by Crippen LogP contribution is -2.66. The SMILES string of the molecule is O=C1NCCNC12CCN(S(=O)(=O)c1cc(F)cc(F)c1)CC2. The van der Waals surface area contributed by atoms with Gasteiger partial charge in [-0.2, -0.15) is 4.31 Å². The number of amides is 1. The molecule has 9 heteroatoms. The molecule has 0 atom stereocenters. The van der Waals surface area contributed by atoms with Gasteiger partial charge >= 0.3 is 0 Å². The quantitative estimate of drug-likeness (QED) is 0.803. The minimum Gasteiger partial charge on any atom is -0.353 e. The monoisotopic (exact) mass is 345 g/mol. The lowest BCUT2D eigenvalue weighted by molar-refractivity contribution is -0.131. The number of benzene rings is 1. The van der Waals surface area contributed by atoms with Gasteiger partial charge in [-0.3, -0.25) is 4.79 Å². The maximum Gasteiger partial charge on any atom is 0.243 e. The van der Waals surface area contributed by atoms with Crippen molar-refractivity contribution in [1.29, 1.82) is 0 Å². The fourth-order valence-electron chi connectivity index (χ4n) is 3.07. The zero-order valence-corrected chi connectivity index (χ0v) is 13.1. The van der Waals surface area contributed by atoms with Gasteiger partial charge < -0.3 is 10.6 Å². The molecule has 126 valence electrons. The average Bonchev–Trinajstić information content (AvgIpc) is 2.50. The molecule has 2 fully saturated rings. The van der Waals surface area contributed by atoms with Crippen LogP contribution in [0.15, 0.2) is 23.1 Å². The van der Waals surface area contributed by atoms with E-state index in [1.165, 1.54) is 0 Å². The second-order valence-corrected chi connectivity index (χ2v) is 7.71. The topological polar surface area (TPSA) is 78.5 Å². The highest BCUT2D eigenvalue weighted by Gasteiger charge is 2.44. The first-order valence-electron chi connectivity index (χ1n) is 7.33. The van der Waals surface area contributed by atoms with Crippen LogP contribution in [0, 0.1) is 11.6 Å². The first-order chi connectivity index (χ1) is 10.8. The lowest BCUT2D eigenvalue weighted by Gasteiger charge is -2.42. The number of nitrogens with zero attached hydrogens (tertiary/aromatic N) is 1. The van der Waals surface area contributed by atoms with Gasteiger partial charge in [-0.05, 0) is 25.0 Å². The molecule has 3 rings (SSSR count). The van der Waals surface area contributed by atoms with Crippen molar-refractivity contribution in [3.05, 3.63) is 29.8 Å². The summed E-state index contributed by atoms with van der Waals surface area (Å²) >= 11 is 0. The van der Waals surface area contributed by atoms with Crippen LogP contribution in [-0.2, 0) is 14.8 Å². The molecule has 0 unspecified atom stereocenters. The number of halogens is 2. The fourth-order valence-corrected chi connectivity index (χ4v) is 4.55. The van der Waals surface area contributed by atoms with Crippen molar-refractivity contribution >= 4 is 15.9 Å². The number of rotatable bonds is 2.